The van der Waals surface area contributed by atoms with Gasteiger partial charge in [0.1, 0.15) is 12.4 Å². The minimum atomic E-state index is -4.51. The van der Waals surface area contributed by atoms with Crippen LogP contribution in [0.5, 0.6) is 0 Å². The Hall–Kier alpha value is -2.64. The molecule has 2 rings (SSSR count). The number of aromatic nitrogens is 2. The van der Waals surface area contributed by atoms with Gasteiger partial charge in [-0.25, -0.2) is 4.98 Å². The van der Waals surface area contributed by atoms with E-state index >= 15 is 0 Å². The van der Waals surface area contributed by atoms with Crippen LogP contribution < -0.4 is 5.56 Å². The van der Waals surface area contributed by atoms with Gasteiger partial charge in [-0.05, 0) is 26.3 Å². The lowest BCUT2D eigenvalue weighted by molar-refractivity contribution is -0.147. The number of aromatic amines is 1. The van der Waals surface area contributed by atoms with Crippen molar-refractivity contribution in [3.8, 4) is 0 Å². The van der Waals surface area contributed by atoms with Crippen LogP contribution in [0.4, 0.5) is 13.2 Å². The van der Waals surface area contributed by atoms with Crippen molar-refractivity contribution in [1.29, 1.82) is 0 Å². The molecule has 1 aromatic carbocycles. The minimum absolute atomic E-state index is 0.105. The molecule has 0 aliphatic heterocycles. The summed E-state index contributed by atoms with van der Waals surface area (Å²) < 4.78 is 43.6. The van der Waals surface area contributed by atoms with Crippen molar-refractivity contribution in [1.82, 2.24) is 9.97 Å². The summed E-state index contributed by atoms with van der Waals surface area (Å²) in [5.74, 6) is -0.214. The van der Waals surface area contributed by atoms with Gasteiger partial charge in [-0.15, -0.1) is 0 Å². The molecule has 0 spiro atoms. The van der Waals surface area contributed by atoms with Gasteiger partial charge in [0.25, 0.3) is 5.56 Å². The highest BCUT2D eigenvalue weighted by atomic mass is 19.4. The third kappa shape index (κ3) is 4.91. The number of nitrogens with one attached hydrogen (secondary N) is 1. The molecule has 0 radical (unpaired) electrons. The number of alkyl halides is 3. The number of nitrogens with zero attached hydrogens (tertiary/aromatic N) is 1. The number of ether oxygens (including phenoxy) is 1. The smallest absolute Gasteiger partial charge is 0.416 e. The first-order chi connectivity index (χ1) is 11.7. The second-order valence-electron chi connectivity index (χ2n) is 5.53. The van der Waals surface area contributed by atoms with Gasteiger partial charge in [0.2, 0.25) is 0 Å². The largest absolute Gasteiger partial charge is 0.461 e. The average molecular weight is 354 g/mol. The number of H-pyrrole nitrogens is 1. The second-order valence-corrected chi connectivity index (χ2v) is 5.53. The predicted molar refractivity (Wildman–Crippen MR) is 83.9 cm³/mol. The van der Waals surface area contributed by atoms with Crippen LogP contribution in [0.2, 0.25) is 0 Å². The van der Waals surface area contributed by atoms with Crippen LogP contribution in [-0.4, -0.2) is 15.9 Å². The van der Waals surface area contributed by atoms with Crippen molar-refractivity contribution < 1.29 is 22.7 Å². The lowest BCUT2D eigenvalue weighted by Crippen LogP contribution is -2.19. The highest BCUT2D eigenvalue weighted by Crippen LogP contribution is 2.32. The molecule has 0 bridgehead atoms. The van der Waals surface area contributed by atoms with Crippen molar-refractivity contribution in [3.05, 3.63) is 62.8 Å². The third-order valence-corrected chi connectivity index (χ3v) is 3.63. The van der Waals surface area contributed by atoms with Crippen LogP contribution in [0.25, 0.3) is 0 Å². The summed E-state index contributed by atoms with van der Waals surface area (Å²) >= 11 is 0. The number of benzene rings is 1. The molecule has 0 amide bonds. The molecule has 8 heteroatoms. The monoisotopic (exact) mass is 354 g/mol. The fraction of sp³-hybridized carbons (Fsp3) is 0.353. The zero-order valence-corrected chi connectivity index (χ0v) is 13.7. The quantitative estimate of drug-likeness (QED) is 0.838. The van der Waals surface area contributed by atoms with Crippen molar-refractivity contribution in [2.75, 3.05) is 0 Å². The van der Waals surface area contributed by atoms with Gasteiger partial charge < -0.3 is 9.72 Å². The molecule has 0 unspecified atom stereocenters. The zero-order valence-electron chi connectivity index (χ0n) is 13.7. The normalized spacial score (nSPS) is 11.4. The number of esters is 1. The Kier molecular flexibility index (Phi) is 5.61. The first kappa shape index (κ1) is 18.7. The highest BCUT2D eigenvalue weighted by molar-refractivity contribution is 5.69. The van der Waals surface area contributed by atoms with E-state index in [0.29, 0.717) is 17.1 Å². The van der Waals surface area contributed by atoms with E-state index in [1.54, 1.807) is 13.8 Å². The molecular formula is C17H17F3N2O3. The summed E-state index contributed by atoms with van der Waals surface area (Å²) in [5, 5.41) is 0. The number of carbonyl (C=O) groups is 1. The lowest BCUT2D eigenvalue weighted by atomic mass is 10.1. The Morgan fingerprint density at radius 2 is 1.92 bits per heavy atom. The van der Waals surface area contributed by atoms with Crippen LogP contribution >= 0.6 is 0 Å². The molecule has 0 fully saturated rings. The van der Waals surface area contributed by atoms with Crippen LogP contribution in [0.1, 0.15) is 34.6 Å². The fourth-order valence-electron chi connectivity index (χ4n) is 2.43. The Morgan fingerprint density at radius 3 is 2.56 bits per heavy atom. The molecule has 0 aliphatic rings. The van der Waals surface area contributed by atoms with Gasteiger partial charge in [-0.2, -0.15) is 13.2 Å². The van der Waals surface area contributed by atoms with E-state index in [0.717, 1.165) is 6.07 Å². The molecule has 2 aromatic rings. The zero-order chi connectivity index (χ0) is 18.6. The number of rotatable bonds is 5. The second kappa shape index (κ2) is 7.50. The maximum Gasteiger partial charge on any atom is 0.416 e. The molecular weight excluding hydrogens is 337 g/mol. The van der Waals surface area contributed by atoms with Gasteiger partial charge in [0.15, 0.2) is 0 Å². The lowest BCUT2D eigenvalue weighted by Gasteiger charge is -2.13. The standard InChI is InChI=1S/C17H17F3N2O3/c1-10-13(16(24)22-11(2)21-10)7-8-15(23)25-9-12-5-3-4-6-14(12)17(18,19)20/h3-6H,7-9H2,1-2H3,(H,21,22,24). The van der Waals surface area contributed by atoms with Crippen LogP contribution in [0, 0.1) is 13.8 Å². The topological polar surface area (TPSA) is 72.0 Å². The van der Waals surface area contributed by atoms with Crippen molar-refractivity contribution in [2.45, 2.75) is 39.5 Å². The minimum Gasteiger partial charge on any atom is -0.461 e. The molecule has 0 aliphatic carbocycles. The Labute approximate surface area is 141 Å². The highest BCUT2D eigenvalue weighted by Gasteiger charge is 2.33. The molecule has 0 atom stereocenters. The Bertz CT molecular complexity index is 829. The molecule has 1 heterocycles. The van der Waals surface area contributed by atoms with Crippen molar-refractivity contribution in [2.24, 2.45) is 0 Å². The third-order valence-electron chi connectivity index (χ3n) is 3.63. The molecule has 5 nitrogen and oxygen atoms in total. The summed E-state index contributed by atoms with van der Waals surface area (Å²) in [6, 6.07) is 4.91. The predicted octanol–water partition coefficient (Wildman–Crippen LogP) is 3.08. The summed E-state index contributed by atoms with van der Waals surface area (Å²) in [5.41, 5.74) is -0.415. The maximum absolute atomic E-state index is 12.9. The number of aryl methyl sites for hydroxylation is 2. The number of hydrogen-bond donors (Lipinski definition) is 1. The fourth-order valence-corrected chi connectivity index (χ4v) is 2.43. The van der Waals surface area contributed by atoms with Gasteiger partial charge in [0.05, 0.1) is 5.56 Å². The molecule has 1 N–H and O–H groups in total. The number of halogens is 3. The average Bonchev–Trinajstić information content (AvgIpc) is 2.51. The molecule has 134 valence electrons. The van der Waals surface area contributed by atoms with Gasteiger partial charge >= 0.3 is 12.1 Å². The van der Waals surface area contributed by atoms with Crippen LogP contribution in [0.3, 0.4) is 0 Å². The van der Waals surface area contributed by atoms with E-state index in [1.807, 2.05) is 0 Å². The molecule has 1 aromatic heterocycles. The van der Waals surface area contributed by atoms with E-state index in [-0.39, 0.29) is 24.0 Å². The summed E-state index contributed by atoms with van der Waals surface area (Å²) in [6.07, 6.45) is -4.53. The van der Waals surface area contributed by atoms with Crippen molar-refractivity contribution in [3.63, 3.8) is 0 Å². The number of hydrogen-bond acceptors (Lipinski definition) is 4. The van der Waals surface area contributed by atoms with Gasteiger partial charge in [-0.3, -0.25) is 9.59 Å². The maximum atomic E-state index is 12.9. The van der Waals surface area contributed by atoms with E-state index < -0.39 is 24.3 Å². The van der Waals surface area contributed by atoms with Gasteiger partial charge in [0, 0.05) is 23.2 Å². The first-order valence-corrected chi connectivity index (χ1v) is 7.55. The van der Waals surface area contributed by atoms with E-state index in [2.05, 4.69) is 9.97 Å². The molecule has 0 saturated carbocycles. The summed E-state index contributed by atoms with van der Waals surface area (Å²) in [4.78, 5) is 30.3. The number of carbonyl (C=O) groups excluding carboxylic acids is 1. The SMILES string of the molecule is Cc1nc(C)c(CCC(=O)OCc2ccccc2C(F)(F)F)c(=O)[nH]1. The molecule has 25 heavy (non-hydrogen) atoms. The van der Waals surface area contributed by atoms with E-state index in [9.17, 15) is 22.8 Å². The van der Waals surface area contributed by atoms with Crippen LogP contribution in [0.15, 0.2) is 29.1 Å². The molecule has 0 saturated heterocycles. The Balaban J connectivity index is 1.98. The van der Waals surface area contributed by atoms with Crippen LogP contribution in [-0.2, 0) is 28.7 Å². The summed E-state index contributed by atoms with van der Waals surface area (Å²) in [6.45, 7) is 2.82. The first-order valence-electron chi connectivity index (χ1n) is 7.55. The van der Waals surface area contributed by atoms with E-state index in [1.165, 1.54) is 18.2 Å². The van der Waals surface area contributed by atoms with Gasteiger partial charge in [-0.1, -0.05) is 18.2 Å². The van der Waals surface area contributed by atoms with Crippen molar-refractivity contribution >= 4 is 5.97 Å². The summed E-state index contributed by atoms with van der Waals surface area (Å²) in [7, 11) is 0. The van der Waals surface area contributed by atoms with E-state index in [4.69, 9.17) is 4.74 Å². The Morgan fingerprint density at radius 1 is 1.24 bits per heavy atom.